The zero-order chi connectivity index (χ0) is 26.4. The SMILES string of the molecule is N=C(/C=C(\Nc1ccccc1Cl)c1ccc(C(=O)NCc2cccc(-n3cccc3)c2)cc1)C(F)(F)F. The summed E-state index contributed by atoms with van der Waals surface area (Å²) in [4.78, 5) is 12.7. The van der Waals surface area contributed by atoms with Gasteiger partial charge in [-0.3, -0.25) is 10.2 Å². The van der Waals surface area contributed by atoms with Gasteiger partial charge in [-0.1, -0.05) is 48.0 Å². The van der Waals surface area contributed by atoms with Gasteiger partial charge in [-0.2, -0.15) is 13.2 Å². The van der Waals surface area contributed by atoms with Crippen LogP contribution in [-0.2, 0) is 6.54 Å². The van der Waals surface area contributed by atoms with E-state index in [9.17, 15) is 18.0 Å². The summed E-state index contributed by atoms with van der Waals surface area (Å²) in [6, 6.07) is 24.2. The average molecular weight is 523 g/mol. The van der Waals surface area contributed by atoms with E-state index in [0.29, 0.717) is 34.5 Å². The van der Waals surface area contributed by atoms with Crippen LogP contribution in [0.4, 0.5) is 18.9 Å². The number of aromatic nitrogens is 1. The molecule has 188 valence electrons. The Morgan fingerprint density at radius 3 is 2.27 bits per heavy atom. The van der Waals surface area contributed by atoms with Crippen molar-refractivity contribution in [2.75, 3.05) is 5.32 Å². The second-order valence-electron chi connectivity index (χ2n) is 8.09. The monoisotopic (exact) mass is 522 g/mol. The van der Waals surface area contributed by atoms with Crippen LogP contribution >= 0.6 is 11.6 Å². The van der Waals surface area contributed by atoms with Crippen molar-refractivity contribution in [2.45, 2.75) is 12.7 Å². The highest BCUT2D eigenvalue weighted by molar-refractivity contribution is 6.33. The fraction of sp³-hybridized carbons (Fsp3) is 0.0714. The van der Waals surface area contributed by atoms with Crippen molar-refractivity contribution >= 4 is 34.6 Å². The van der Waals surface area contributed by atoms with Gasteiger partial charge in [0.2, 0.25) is 0 Å². The van der Waals surface area contributed by atoms with Crippen molar-refractivity contribution in [3.05, 3.63) is 125 Å². The van der Waals surface area contributed by atoms with Gasteiger partial charge in [0.15, 0.2) is 0 Å². The minimum absolute atomic E-state index is 0.0178. The second kappa shape index (κ2) is 11.2. The van der Waals surface area contributed by atoms with E-state index in [-0.39, 0.29) is 11.6 Å². The van der Waals surface area contributed by atoms with E-state index in [4.69, 9.17) is 17.0 Å². The number of carbonyl (C=O) groups excluding carboxylic acids is 1. The molecule has 9 heteroatoms. The first-order chi connectivity index (χ1) is 17.7. The van der Waals surface area contributed by atoms with E-state index in [0.717, 1.165) is 11.3 Å². The Hall–Kier alpha value is -4.30. The largest absolute Gasteiger partial charge is 0.432 e. The van der Waals surface area contributed by atoms with Crippen LogP contribution in [0.3, 0.4) is 0 Å². The molecule has 0 unspecified atom stereocenters. The van der Waals surface area contributed by atoms with Gasteiger partial charge in [0.1, 0.15) is 5.71 Å². The summed E-state index contributed by atoms with van der Waals surface area (Å²) in [5, 5.41) is 13.4. The van der Waals surface area contributed by atoms with Gasteiger partial charge in [-0.25, -0.2) is 0 Å². The number of nitrogens with zero attached hydrogens (tertiary/aromatic N) is 1. The molecule has 0 bridgehead atoms. The number of hydrogen-bond acceptors (Lipinski definition) is 3. The first kappa shape index (κ1) is 25.8. The second-order valence-corrected chi connectivity index (χ2v) is 8.50. The molecule has 37 heavy (non-hydrogen) atoms. The zero-order valence-corrected chi connectivity index (χ0v) is 20.1. The number of nitrogens with one attached hydrogen (secondary N) is 3. The Kier molecular flexibility index (Phi) is 7.79. The molecule has 0 radical (unpaired) electrons. The van der Waals surface area contributed by atoms with E-state index < -0.39 is 11.9 Å². The molecule has 0 spiro atoms. The average Bonchev–Trinajstić information content (AvgIpc) is 3.43. The molecular formula is C28H22ClF3N4O. The van der Waals surface area contributed by atoms with E-state index in [1.165, 1.54) is 24.3 Å². The van der Waals surface area contributed by atoms with Crippen molar-refractivity contribution in [2.24, 2.45) is 0 Å². The standard InChI is InChI=1S/C28H22ClF3N4O/c29-23-8-1-2-9-24(23)35-25(17-26(33)28(30,31)32)20-10-12-21(13-11-20)27(37)34-18-19-6-5-7-22(16-19)36-14-3-4-15-36/h1-17,33,35H,18H2,(H,34,37)/b25-17-,33-26?. The van der Waals surface area contributed by atoms with Crippen molar-refractivity contribution in [1.82, 2.24) is 9.88 Å². The van der Waals surface area contributed by atoms with Crippen LogP contribution in [-0.4, -0.2) is 22.4 Å². The summed E-state index contributed by atoms with van der Waals surface area (Å²) < 4.78 is 41.2. The van der Waals surface area contributed by atoms with Crippen LogP contribution in [0.2, 0.25) is 5.02 Å². The number of para-hydroxylation sites is 1. The maximum absolute atomic E-state index is 13.1. The van der Waals surface area contributed by atoms with E-state index in [2.05, 4.69) is 10.6 Å². The number of amides is 1. The summed E-state index contributed by atoms with van der Waals surface area (Å²) in [7, 11) is 0. The Morgan fingerprint density at radius 2 is 1.59 bits per heavy atom. The molecule has 0 saturated carbocycles. The highest BCUT2D eigenvalue weighted by atomic mass is 35.5. The molecule has 0 aliphatic rings. The van der Waals surface area contributed by atoms with Crippen molar-refractivity contribution in [3.63, 3.8) is 0 Å². The number of alkyl halides is 3. The van der Waals surface area contributed by atoms with Crippen LogP contribution in [0.1, 0.15) is 21.5 Å². The number of rotatable bonds is 8. The van der Waals surface area contributed by atoms with E-state index in [1.54, 1.807) is 24.3 Å². The zero-order valence-electron chi connectivity index (χ0n) is 19.4. The van der Waals surface area contributed by atoms with Gasteiger partial charge >= 0.3 is 6.18 Å². The third kappa shape index (κ3) is 6.68. The number of hydrogen-bond donors (Lipinski definition) is 3. The number of benzene rings is 3. The summed E-state index contributed by atoms with van der Waals surface area (Å²) in [6.07, 6.45) is -0.264. The topological polar surface area (TPSA) is 69.9 Å². The molecule has 1 amide bonds. The molecule has 5 nitrogen and oxygen atoms in total. The fourth-order valence-corrected chi connectivity index (χ4v) is 3.73. The molecule has 4 rings (SSSR count). The predicted molar refractivity (Wildman–Crippen MR) is 140 cm³/mol. The quantitative estimate of drug-likeness (QED) is 0.216. The smallest absolute Gasteiger partial charge is 0.354 e. The third-order valence-corrected chi connectivity index (χ3v) is 5.79. The molecule has 3 aromatic carbocycles. The van der Waals surface area contributed by atoms with Crippen LogP contribution < -0.4 is 10.6 Å². The summed E-state index contributed by atoms with van der Waals surface area (Å²) in [5.74, 6) is -0.328. The minimum atomic E-state index is -4.81. The predicted octanol–water partition coefficient (Wildman–Crippen LogP) is 7.10. The lowest BCUT2D eigenvalue weighted by atomic mass is 10.1. The first-order valence-electron chi connectivity index (χ1n) is 11.2. The molecule has 0 saturated heterocycles. The fourth-order valence-electron chi connectivity index (χ4n) is 3.54. The van der Waals surface area contributed by atoms with Crippen molar-refractivity contribution in [3.8, 4) is 5.69 Å². The summed E-state index contributed by atoms with van der Waals surface area (Å²) >= 11 is 6.15. The molecule has 0 aliphatic carbocycles. The normalized spacial score (nSPS) is 11.7. The number of halogens is 4. The van der Waals surface area contributed by atoms with Crippen LogP contribution in [0.25, 0.3) is 11.4 Å². The van der Waals surface area contributed by atoms with E-state index in [1.807, 2.05) is 53.4 Å². The Balaban J connectivity index is 1.49. The molecule has 1 heterocycles. The third-order valence-electron chi connectivity index (χ3n) is 5.46. The van der Waals surface area contributed by atoms with Gasteiger partial charge in [0.05, 0.1) is 10.7 Å². The number of anilines is 1. The van der Waals surface area contributed by atoms with Gasteiger partial charge in [0, 0.05) is 35.9 Å². The lowest BCUT2D eigenvalue weighted by Crippen LogP contribution is -2.23. The first-order valence-corrected chi connectivity index (χ1v) is 11.6. The molecule has 0 aliphatic heterocycles. The molecule has 0 fully saturated rings. The van der Waals surface area contributed by atoms with Gasteiger partial charge < -0.3 is 15.2 Å². The van der Waals surface area contributed by atoms with Crippen LogP contribution in [0.15, 0.2) is 103 Å². The number of allylic oxidation sites excluding steroid dienone is 1. The highest BCUT2D eigenvalue weighted by Gasteiger charge is 2.33. The highest BCUT2D eigenvalue weighted by Crippen LogP contribution is 2.27. The molecular weight excluding hydrogens is 501 g/mol. The Labute approximate surface area is 216 Å². The van der Waals surface area contributed by atoms with Crippen LogP contribution in [0.5, 0.6) is 0 Å². The lowest BCUT2D eigenvalue weighted by molar-refractivity contribution is -0.0583. The maximum Gasteiger partial charge on any atom is 0.432 e. The summed E-state index contributed by atoms with van der Waals surface area (Å²) in [5.41, 5.74) is 1.45. The Morgan fingerprint density at radius 1 is 0.919 bits per heavy atom. The lowest BCUT2D eigenvalue weighted by Gasteiger charge is -2.15. The van der Waals surface area contributed by atoms with Gasteiger partial charge in [0.25, 0.3) is 5.91 Å². The minimum Gasteiger partial charge on any atom is -0.354 e. The van der Waals surface area contributed by atoms with Gasteiger partial charge in [-0.15, -0.1) is 0 Å². The molecule has 3 N–H and O–H groups in total. The molecule has 0 atom stereocenters. The van der Waals surface area contributed by atoms with E-state index >= 15 is 0 Å². The van der Waals surface area contributed by atoms with Gasteiger partial charge in [-0.05, 0) is 65.7 Å². The number of carbonyl (C=O) groups is 1. The molecule has 1 aromatic heterocycles. The van der Waals surface area contributed by atoms with Crippen molar-refractivity contribution in [1.29, 1.82) is 5.41 Å². The molecule has 4 aromatic rings. The van der Waals surface area contributed by atoms with Crippen LogP contribution in [0, 0.1) is 5.41 Å². The van der Waals surface area contributed by atoms with Crippen molar-refractivity contribution < 1.29 is 18.0 Å². The summed E-state index contributed by atoms with van der Waals surface area (Å²) in [6.45, 7) is 0.303. The maximum atomic E-state index is 13.1. The Bertz CT molecular complexity index is 1430.